The number of hydrogen-bond acceptors (Lipinski definition) is 5. The lowest BCUT2D eigenvalue weighted by atomic mass is 10.2. The molecule has 2 aromatic carbocycles. The van der Waals surface area contributed by atoms with Gasteiger partial charge in [-0.15, -0.1) is 0 Å². The molecule has 1 amide bonds. The van der Waals surface area contributed by atoms with Crippen molar-refractivity contribution < 1.29 is 13.2 Å². The SMILES string of the molecule is O=C(NCc1ccc(S(=O)(=O)c2cccc(Cl)c2)cc1)c1cnc2[nH]ncc2c1. The number of benzene rings is 2. The topological polar surface area (TPSA) is 105 Å². The van der Waals surface area contributed by atoms with Crippen LogP contribution in [0.3, 0.4) is 0 Å². The zero-order chi connectivity index (χ0) is 20.4. The summed E-state index contributed by atoms with van der Waals surface area (Å²) in [6, 6.07) is 14.2. The van der Waals surface area contributed by atoms with E-state index in [1.807, 2.05) is 0 Å². The highest BCUT2D eigenvalue weighted by Crippen LogP contribution is 2.23. The van der Waals surface area contributed by atoms with Crippen molar-refractivity contribution in [3.63, 3.8) is 0 Å². The van der Waals surface area contributed by atoms with E-state index in [4.69, 9.17) is 11.6 Å². The second-order valence-electron chi connectivity index (χ2n) is 6.32. The Morgan fingerprint density at radius 3 is 2.59 bits per heavy atom. The van der Waals surface area contributed by atoms with Gasteiger partial charge >= 0.3 is 0 Å². The van der Waals surface area contributed by atoms with Crippen molar-refractivity contribution in [3.05, 3.63) is 83.1 Å². The van der Waals surface area contributed by atoms with E-state index in [2.05, 4.69) is 20.5 Å². The van der Waals surface area contributed by atoms with Crippen LogP contribution in [0.5, 0.6) is 0 Å². The van der Waals surface area contributed by atoms with Crippen LogP contribution in [0.15, 0.2) is 76.8 Å². The number of sulfone groups is 1. The molecule has 4 aromatic rings. The predicted octanol–water partition coefficient (Wildman–Crippen LogP) is 3.37. The molecule has 0 fully saturated rings. The summed E-state index contributed by atoms with van der Waals surface area (Å²) in [6.07, 6.45) is 3.06. The van der Waals surface area contributed by atoms with E-state index < -0.39 is 9.84 Å². The Morgan fingerprint density at radius 2 is 1.83 bits per heavy atom. The molecule has 0 unspecified atom stereocenters. The van der Waals surface area contributed by atoms with Crippen LogP contribution in [0.1, 0.15) is 15.9 Å². The van der Waals surface area contributed by atoms with Gasteiger partial charge in [-0.1, -0.05) is 29.8 Å². The van der Waals surface area contributed by atoms with Gasteiger partial charge in [0.15, 0.2) is 5.65 Å². The minimum absolute atomic E-state index is 0.133. The number of nitrogens with one attached hydrogen (secondary N) is 2. The third-order valence-electron chi connectivity index (χ3n) is 4.35. The molecule has 146 valence electrons. The van der Waals surface area contributed by atoms with E-state index in [1.165, 1.54) is 30.5 Å². The second-order valence-corrected chi connectivity index (χ2v) is 8.71. The molecule has 0 radical (unpaired) electrons. The van der Waals surface area contributed by atoms with Gasteiger partial charge in [0.1, 0.15) is 0 Å². The van der Waals surface area contributed by atoms with Gasteiger partial charge in [-0.2, -0.15) is 5.10 Å². The number of rotatable bonds is 5. The fraction of sp³-hybridized carbons (Fsp3) is 0.0500. The molecule has 2 aromatic heterocycles. The summed E-state index contributed by atoms with van der Waals surface area (Å²) in [6.45, 7) is 0.250. The lowest BCUT2D eigenvalue weighted by molar-refractivity contribution is 0.0950. The van der Waals surface area contributed by atoms with Gasteiger partial charge in [0.25, 0.3) is 5.91 Å². The van der Waals surface area contributed by atoms with Crippen molar-refractivity contribution in [1.29, 1.82) is 0 Å². The fourth-order valence-corrected chi connectivity index (χ4v) is 4.36. The largest absolute Gasteiger partial charge is 0.348 e. The van der Waals surface area contributed by atoms with Gasteiger partial charge in [0, 0.05) is 23.2 Å². The Hall–Kier alpha value is -3.23. The minimum Gasteiger partial charge on any atom is -0.348 e. The number of carbonyl (C=O) groups excluding carboxylic acids is 1. The zero-order valence-electron chi connectivity index (χ0n) is 15.0. The lowest BCUT2D eigenvalue weighted by Crippen LogP contribution is -2.22. The zero-order valence-corrected chi connectivity index (χ0v) is 16.5. The molecule has 29 heavy (non-hydrogen) atoms. The number of fused-ring (bicyclic) bond motifs is 1. The molecule has 4 rings (SSSR count). The first-order valence-electron chi connectivity index (χ1n) is 8.60. The third-order valence-corrected chi connectivity index (χ3v) is 6.35. The van der Waals surface area contributed by atoms with Crippen LogP contribution >= 0.6 is 11.6 Å². The molecule has 0 aliphatic carbocycles. The van der Waals surface area contributed by atoms with Crippen LogP contribution in [-0.4, -0.2) is 29.5 Å². The number of nitrogens with zero attached hydrogens (tertiary/aromatic N) is 2. The summed E-state index contributed by atoms with van der Waals surface area (Å²) in [5.41, 5.74) is 1.79. The molecule has 7 nitrogen and oxygen atoms in total. The number of pyridine rings is 1. The number of aromatic nitrogens is 3. The number of amides is 1. The summed E-state index contributed by atoms with van der Waals surface area (Å²) >= 11 is 5.90. The highest BCUT2D eigenvalue weighted by Gasteiger charge is 2.17. The molecule has 0 atom stereocenters. The summed E-state index contributed by atoms with van der Waals surface area (Å²) in [5.74, 6) is -0.281. The van der Waals surface area contributed by atoms with Crippen LogP contribution < -0.4 is 5.32 Å². The van der Waals surface area contributed by atoms with Gasteiger partial charge in [0.2, 0.25) is 9.84 Å². The normalized spacial score (nSPS) is 11.5. The van der Waals surface area contributed by atoms with Gasteiger partial charge in [-0.05, 0) is 42.0 Å². The Balaban J connectivity index is 1.46. The highest BCUT2D eigenvalue weighted by molar-refractivity contribution is 7.91. The monoisotopic (exact) mass is 426 g/mol. The van der Waals surface area contributed by atoms with E-state index in [0.717, 1.165) is 10.9 Å². The Labute approximate surface area is 171 Å². The Morgan fingerprint density at radius 1 is 1.03 bits per heavy atom. The molecule has 0 aliphatic rings. The number of hydrogen-bond donors (Lipinski definition) is 2. The van der Waals surface area contributed by atoms with Gasteiger partial charge in [-0.25, -0.2) is 13.4 Å². The molecule has 9 heteroatoms. The third kappa shape index (κ3) is 3.98. The summed E-state index contributed by atoms with van der Waals surface area (Å²) in [4.78, 5) is 16.8. The second kappa shape index (κ2) is 7.65. The molecule has 2 N–H and O–H groups in total. The Kier molecular flexibility index (Phi) is 5.04. The van der Waals surface area contributed by atoms with E-state index in [-0.39, 0.29) is 22.2 Å². The van der Waals surface area contributed by atoms with Crippen molar-refractivity contribution in [2.45, 2.75) is 16.3 Å². The molecular formula is C20H15ClN4O3S. The number of halogens is 1. The summed E-state index contributed by atoms with van der Waals surface area (Å²) < 4.78 is 25.4. The quantitative estimate of drug-likeness (QED) is 0.509. The van der Waals surface area contributed by atoms with Crippen molar-refractivity contribution >= 4 is 38.4 Å². The lowest BCUT2D eigenvalue weighted by Gasteiger charge is -2.08. The minimum atomic E-state index is -3.66. The van der Waals surface area contributed by atoms with Crippen LogP contribution in [-0.2, 0) is 16.4 Å². The van der Waals surface area contributed by atoms with Crippen molar-refractivity contribution in [1.82, 2.24) is 20.5 Å². The first-order chi connectivity index (χ1) is 13.9. The molecule has 0 bridgehead atoms. The summed E-state index contributed by atoms with van der Waals surface area (Å²) in [7, 11) is -3.66. The average molecular weight is 427 g/mol. The number of H-pyrrole nitrogens is 1. The maximum absolute atomic E-state index is 12.7. The van der Waals surface area contributed by atoms with Gasteiger partial charge in [0.05, 0.1) is 21.6 Å². The van der Waals surface area contributed by atoms with Crippen LogP contribution in [0.2, 0.25) is 5.02 Å². The highest BCUT2D eigenvalue weighted by atomic mass is 35.5. The molecule has 0 aliphatic heterocycles. The predicted molar refractivity (Wildman–Crippen MR) is 108 cm³/mol. The van der Waals surface area contributed by atoms with E-state index in [0.29, 0.717) is 16.2 Å². The van der Waals surface area contributed by atoms with Gasteiger partial charge in [-0.3, -0.25) is 9.89 Å². The van der Waals surface area contributed by atoms with E-state index >= 15 is 0 Å². The summed E-state index contributed by atoms with van der Waals surface area (Å²) in [5, 5.41) is 10.5. The standard InChI is InChI=1S/C20H15ClN4O3S/c21-16-2-1-3-18(9-16)29(27,28)17-6-4-13(5-7-17)10-23-20(26)15-8-14-12-24-25-19(14)22-11-15/h1-9,11-12H,10H2,(H,23,26)(H,22,24,25). The smallest absolute Gasteiger partial charge is 0.253 e. The van der Waals surface area contributed by atoms with Gasteiger partial charge < -0.3 is 5.32 Å². The maximum Gasteiger partial charge on any atom is 0.253 e. The average Bonchev–Trinajstić information content (AvgIpc) is 3.20. The van der Waals surface area contributed by atoms with Crippen molar-refractivity contribution in [2.75, 3.05) is 0 Å². The number of carbonyl (C=O) groups is 1. The fourth-order valence-electron chi connectivity index (χ4n) is 2.80. The number of aromatic amines is 1. The molecule has 2 heterocycles. The van der Waals surface area contributed by atoms with Crippen LogP contribution in [0.4, 0.5) is 0 Å². The Bertz CT molecular complexity index is 1300. The maximum atomic E-state index is 12.7. The van der Waals surface area contributed by atoms with Crippen molar-refractivity contribution in [2.24, 2.45) is 0 Å². The van der Waals surface area contributed by atoms with E-state index in [1.54, 1.807) is 36.5 Å². The molecule has 0 saturated carbocycles. The van der Waals surface area contributed by atoms with Crippen LogP contribution in [0.25, 0.3) is 11.0 Å². The molecular weight excluding hydrogens is 412 g/mol. The molecule has 0 saturated heterocycles. The first-order valence-corrected chi connectivity index (χ1v) is 10.5. The van der Waals surface area contributed by atoms with Crippen LogP contribution in [0, 0.1) is 0 Å². The van der Waals surface area contributed by atoms with Crippen molar-refractivity contribution in [3.8, 4) is 0 Å². The molecule has 0 spiro atoms. The van der Waals surface area contributed by atoms with E-state index in [9.17, 15) is 13.2 Å². The first kappa shape index (κ1) is 19.1.